The highest BCUT2D eigenvalue weighted by Crippen LogP contribution is 2.10. The Morgan fingerprint density at radius 1 is 0.591 bits per heavy atom. The van der Waals surface area contributed by atoms with E-state index in [2.05, 4.69) is 38.2 Å². The van der Waals surface area contributed by atoms with Crippen molar-refractivity contribution in [3.05, 3.63) is 24.3 Å². The van der Waals surface area contributed by atoms with Crippen molar-refractivity contribution in [1.29, 1.82) is 0 Å². The molecule has 0 rings (SSSR count). The predicted octanol–water partition coefficient (Wildman–Crippen LogP) is 6.96. The Labute approximate surface area is 139 Å². The summed E-state index contributed by atoms with van der Waals surface area (Å²) in [7, 11) is 0. The largest absolute Gasteiger partial charge is 0.393 e. The third-order valence-electron chi connectivity index (χ3n) is 4.10. The van der Waals surface area contributed by atoms with Crippen LogP contribution in [0.4, 0.5) is 0 Å². The van der Waals surface area contributed by atoms with E-state index in [1.54, 1.807) is 0 Å². The molecule has 0 saturated heterocycles. The predicted molar refractivity (Wildman–Crippen MR) is 100 cm³/mol. The lowest BCUT2D eigenvalue weighted by atomic mass is 10.1. The van der Waals surface area contributed by atoms with Crippen LogP contribution >= 0.6 is 0 Å². The van der Waals surface area contributed by atoms with Gasteiger partial charge in [0.25, 0.3) is 0 Å². The lowest BCUT2D eigenvalue weighted by Gasteiger charge is -2.08. The number of hydrogen-bond acceptors (Lipinski definition) is 1. The second kappa shape index (κ2) is 18.5. The quantitative estimate of drug-likeness (QED) is 0.241. The van der Waals surface area contributed by atoms with E-state index in [4.69, 9.17) is 0 Å². The zero-order chi connectivity index (χ0) is 16.3. The summed E-state index contributed by atoms with van der Waals surface area (Å²) in [5, 5.41) is 9.95. The van der Waals surface area contributed by atoms with Crippen LogP contribution in [-0.2, 0) is 0 Å². The Bertz CT molecular complexity index is 229. The van der Waals surface area contributed by atoms with Gasteiger partial charge in [-0.05, 0) is 64.2 Å². The van der Waals surface area contributed by atoms with Crippen LogP contribution in [0, 0.1) is 0 Å². The van der Waals surface area contributed by atoms with Crippen LogP contribution in [0.2, 0.25) is 0 Å². The molecule has 0 aliphatic heterocycles. The molecule has 0 aromatic rings. The normalized spacial score (nSPS) is 12.2. The van der Waals surface area contributed by atoms with Gasteiger partial charge in [0.15, 0.2) is 0 Å². The second-order valence-electron chi connectivity index (χ2n) is 6.45. The number of unbranched alkanes of at least 4 members (excludes halogenated alkanes) is 8. The highest BCUT2D eigenvalue weighted by atomic mass is 16.3. The van der Waals surface area contributed by atoms with Gasteiger partial charge in [0, 0.05) is 0 Å². The Hall–Kier alpha value is -0.560. The molecule has 0 bridgehead atoms. The zero-order valence-electron chi connectivity index (χ0n) is 15.2. The van der Waals surface area contributed by atoms with Crippen molar-refractivity contribution in [3.63, 3.8) is 0 Å². The average molecular weight is 309 g/mol. The maximum Gasteiger partial charge on any atom is 0.0540 e. The van der Waals surface area contributed by atoms with Crippen molar-refractivity contribution in [2.75, 3.05) is 0 Å². The molecule has 0 aromatic heterocycles. The molecule has 0 aliphatic rings. The number of aliphatic hydroxyl groups is 1. The SMILES string of the molecule is CCCCC/C=C\CCCC(O)CCC/C=C\CCCCC. The van der Waals surface area contributed by atoms with Crippen molar-refractivity contribution in [1.82, 2.24) is 0 Å². The molecule has 0 saturated carbocycles. The molecule has 0 spiro atoms. The van der Waals surface area contributed by atoms with Crippen LogP contribution in [0.1, 0.15) is 104 Å². The van der Waals surface area contributed by atoms with Crippen LogP contribution in [0.25, 0.3) is 0 Å². The van der Waals surface area contributed by atoms with E-state index in [-0.39, 0.29) is 6.10 Å². The topological polar surface area (TPSA) is 20.2 Å². The van der Waals surface area contributed by atoms with Gasteiger partial charge in [0.2, 0.25) is 0 Å². The fourth-order valence-electron chi connectivity index (χ4n) is 2.58. The molecule has 0 fully saturated rings. The van der Waals surface area contributed by atoms with E-state index in [0.717, 1.165) is 38.5 Å². The molecular weight excluding hydrogens is 268 g/mol. The van der Waals surface area contributed by atoms with Crippen molar-refractivity contribution in [2.45, 2.75) is 110 Å². The Balaban J connectivity index is 3.30. The van der Waals surface area contributed by atoms with Crippen LogP contribution in [-0.4, -0.2) is 11.2 Å². The molecule has 1 heteroatoms. The summed E-state index contributed by atoms with van der Waals surface area (Å²) >= 11 is 0. The molecule has 130 valence electrons. The first-order chi connectivity index (χ1) is 10.8. The smallest absolute Gasteiger partial charge is 0.0540 e. The van der Waals surface area contributed by atoms with Crippen molar-refractivity contribution >= 4 is 0 Å². The third kappa shape index (κ3) is 17.5. The Kier molecular flexibility index (Phi) is 18.0. The summed E-state index contributed by atoms with van der Waals surface area (Å²) in [5.41, 5.74) is 0. The van der Waals surface area contributed by atoms with Crippen LogP contribution in [0.5, 0.6) is 0 Å². The molecule has 22 heavy (non-hydrogen) atoms. The van der Waals surface area contributed by atoms with E-state index < -0.39 is 0 Å². The highest BCUT2D eigenvalue weighted by molar-refractivity contribution is 4.82. The van der Waals surface area contributed by atoms with Crippen LogP contribution < -0.4 is 0 Å². The minimum atomic E-state index is -0.0954. The summed E-state index contributed by atoms with van der Waals surface area (Å²) in [6.45, 7) is 4.49. The number of hydrogen-bond donors (Lipinski definition) is 1. The molecule has 1 nitrogen and oxygen atoms in total. The van der Waals surface area contributed by atoms with Crippen LogP contribution in [0.15, 0.2) is 24.3 Å². The van der Waals surface area contributed by atoms with E-state index in [0.29, 0.717) is 0 Å². The number of aliphatic hydroxyl groups excluding tert-OH is 1. The molecule has 0 amide bonds. The molecule has 0 radical (unpaired) electrons. The standard InChI is InChI=1S/C21H40O/c1-3-5-7-9-11-13-15-17-19-21(22)20-18-16-14-12-10-8-6-4-2/h11-14,21-22H,3-10,15-20H2,1-2H3/b13-11-,14-12-. The summed E-state index contributed by atoms with van der Waals surface area (Å²) < 4.78 is 0. The fraction of sp³-hybridized carbons (Fsp3) is 0.810. The molecule has 0 aliphatic carbocycles. The van der Waals surface area contributed by atoms with Crippen molar-refractivity contribution < 1.29 is 5.11 Å². The monoisotopic (exact) mass is 308 g/mol. The summed E-state index contributed by atoms with van der Waals surface area (Å²) in [6, 6.07) is 0. The minimum absolute atomic E-state index is 0.0954. The number of rotatable bonds is 16. The van der Waals surface area contributed by atoms with Crippen LogP contribution in [0.3, 0.4) is 0 Å². The zero-order valence-corrected chi connectivity index (χ0v) is 15.2. The van der Waals surface area contributed by atoms with E-state index in [9.17, 15) is 5.11 Å². The van der Waals surface area contributed by atoms with Gasteiger partial charge in [0.05, 0.1) is 6.10 Å². The van der Waals surface area contributed by atoms with Gasteiger partial charge in [-0.1, -0.05) is 63.8 Å². The van der Waals surface area contributed by atoms with Gasteiger partial charge in [-0.25, -0.2) is 0 Å². The molecule has 0 heterocycles. The van der Waals surface area contributed by atoms with Gasteiger partial charge >= 0.3 is 0 Å². The molecular formula is C21H40O. The first-order valence-corrected chi connectivity index (χ1v) is 9.79. The van der Waals surface area contributed by atoms with E-state index in [1.165, 1.54) is 51.4 Å². The summed E-state index contributed by atoms with van der Waals surface area (Å²) in [5.74, 6) is 0. The minimum Gasteiger partial charge on any atom is -0.393 e. The van der Waals surface area contributed by atoms with E-state index in [1.807, 2.05) is 0 Å². The lowest BCUT2D eigenvalue weighted by Crippen LogP contribution is -2.05. The highest BCUT2D eigenvalue weighted by Gasteiger charge is 2.01. The number of allylic oxidation sites excluding steroid dienone is 4. The lowest BCUT2D eigenvalue weighted by molar-refractivity contribution is 0.150. The average Bonchev–Trinajstić information content (AvgIpc) is 2.52. The summed E-state index contributed by atoms with van der Waals surface area (Å²) in [6.07, 6.45) is 25.9. The molecule has 0 aromatic carbocycles. The summed E-state index contributed by atoms with van der Waals surface area (Å²) in [4.78, 5) is 0. The van der Waals surface area contributed by atoms with Gasteiger partial charge in [-0.15, -0.1) is 0 Å². The third-order valence-corrected chi connectivity index (χ3v) is 4.10. The first kappa shape index (κ1) is 21.4. The maximum atomic E-state index is 9.95. The van der Waals surface area contributed by atoms with Gasteiger partial charge < -0.3 is 5.11 Å². The second-order valence-corrected chi connectivity index (χ2v) is 6.45. The maximum absolute atomic E-state index is 9.95. The Morgan fingerprint density at radius 2 is 0.955 bits per heavy atom. The molecule has 0 unspecified atom stereocenters. The Morgan fingerprint density at radius 3 is 1.32 bits per heavy atom. The van der Waals surface area contributed by atoms with Crippen molar-refractivity contribution in [3.8, 4) is 0 Å². The first-order valence-electron chi connectivity index (χ1n) is 9.79. The van der Waals surface area contributed by atoms with Gasteiger partial charge in [-0.3, -0.25) is 0 Å². The van der Waals surface area contributed by atoms with Gasteiger partial charge in [0.1, 0.15) is 0 Å². The van der Waals surface area contributed by atoms with Gasteiger partial charge in [-0.2, -0.15) is 0 Å². The fourth-order valence-corrected chi connectivity index (χ4v) is 2.58. The molecule has 0 atom stereocenters. The van der Waals surface area contributed by atoms with E-state index >= 15 is 0 Å². The molecule has 1 N–H and O–H groups in total. The van der Waals surface area contributed by atoms with Crippen molar-refractivity contribution in [2.24, 2.45) is 0 Å².